The van der Waals surface area contributed by atoms with E-state index >= 15 is 4.39 Å². The summed E-state index contributed by atoms with van der Waals surface area (Å²) < 4.78 is 57.3. The maximum absolute atomic E-state index is 16.0. The predicted octanol–water partition coefficient (Wildman–Crippen LogP) is 6.74. The van der Waals surface area contributed by atoms with Crippen LogP contribution in [-0.2, 0) is 33.2 Å². The maximum Gasteiger partial charge on any atom is 0.475 e. The van der Waals surface area contributed by atoms with Gasteiger partial charge in [0.2, 0.25) is 0 Å². The summed E-state index contributed by atoms with van der Waals surface area (Å²) in [4.78, 5) is 29.9. The molecule has 264 valence electrons. The Morgan fingerprint density at radius 1 is 1.06 bits per heavy atom. The van der Waals surface area contributed by atoms with Crippen LogP contribution in [0.25, 0.3) is 0 Å². The van der Waals surface area contributed by atoms with E-state index in [9.17, 15) is 14.2 Å². The van der Waals surface area contributed by atoms with Gasteiger partial charge in [0.15, 0.2) is 6.17 Å². The third-order valence-electron chi connectivity index (χ3n) is 8.76. The Bertz CT molecular complexity index is 1830. The molecule has 1 aromatic heterocycles. The van der Waals surface area contributed by atoms with Crippen LogP contribution < -0.4 is 15.7 Å². The van der Waals surface area contributed by atoms with Crippen molar-refractivity contribution in [2.24, 2.45) is 5.92 Å². The highest BCUT2D eigenvalue weighted by molar-refractivity contribution is 8.00. The van der Waals surface area contributed by atoms with Crippen LogP contribution in [-0.4, -0.2) is 60.0 Å². The van der Waals surface area contributed by atoms with Crippen molar-refractivity contribution in [2.75, 3.05) is 32.2 Å². The van der Waals surface area contributed by atoms with Crippen molar-refractivity contribution < 1.29 is 36.8 Å². The molecule has 0 bridgehead atoms. The van der Waals surface area contributed by atoms with Gasteiger partial charge in [0.25, 0.3) is 0 Å². The summed E-state index contributed by atoms with van der Waals surface area (Å²) >= 11 is 1.15. The standard InChI is InChI=1S/C36H39FN3O8PS/c1-4-45-34(41)24(2)20-22-46-49(43)47-23-29-32(48-49)31(37)33(50-29)40-21-19-30(38-35(40)42)39-36(25-11-7-5-8-12-25,26-13-9-6-10-14-26)27-15-17-28(44-3)18-16-27/h5-19,21,24,29,31-33H,4,20,22-23H2,1-3H3,(H,38,39,42)/t24-,29-,31+,32-,33-,49?/m1/s1. The van der Waals surface area contributed by atoms with Gasteiger partial charge in [-0.25, -0.2) is 13.8 Å². The minimum Gasteiger partial charge on any atom is -0.497 e. The Balaban J connectivity index is 1.24. The lowest BCUT2D eigenvalue weighted by Crippen LogP contribution is -2.40. The molecule has 0 amide bonds. The van der Waals surface area contributed by atoms with Crippen LogP contribution in [0.5, 0.6) is 5.75 Å². The lowest BCUT2D eigenvalue weighted by atomic mass is 9.77. The summed E-state index contributed by atoms with van der Waals surface area (Å²) in [6, 6.07) is 29.0. The monoisotopic (exact) mass is 723 g/mol. The number of thioether (sulfide) groups is 1. The van der Waals surface area contributed by atoms with Gasteiger partial charge in [-0.15, -0.1) is 11.8 Å². The number of halogens is 1. The van der Waals surface area contributed by atoms with E-state index in [0.717, 1.165) is 28.5 Å². The van der Waals surface area contributed by atoms with Crippen molar-refractivity contribution in [1.29, 1.82) is 0 Å². The molecule has 0 aliphatic carbocycles. The number of aromatic nitrogens is 2. The quantitative estimate of drug-likeness (QED) is 0.0896. The second-order valence-corrected chi connectivity index (χ2v) is 14.9. The number of nitrogens with one attached hydrogen (secondary N) is 1. The number of hydrogen-bond acceptors (Lipinski definition) is 11. The number of phosphoric ester groups is 1. The highest BCUT2D eigenvalue weighted by Crippen LogP contribution is 2.60. The van der Waals surface area contributed by atoms with E-state index in [-0.39, 0.29) is 32.1 Å². The Labute approximate surface area is 294 Å². The molecule has 0 spiro atoms. The van der Waals surface area contributed by atoms with E-state index < -0.39 is 53.8 Å². The molecule has 2 aliphatic heterocycles. The summed E-state index contributed by atoms with van der Waals surface area (Å²) in [5.41, 5.74) is 1.04. The molecule has 0 radical (unpaired) electrons. The number of methoxy groups -OCH3 is 1. The number of carbonyl (C=O) groups is 1. The molecule has 1 N–H and O–H groups in total. The molecule has 2 saturated heterocycles. The molecule has 1 unspecified atom stereocenters. The SMILES string of the molecule is CCOC(=O)[C@H](C)CCOP1(=O)OC[C@H]2S[C@@H](n3ccc(NC(c4ccccc4)(c4ccccc4)c4ccc(OC)cc4)nc3=O)[C@@H](F)[C@@H]2O1. The Kier molecular flexibility index (Phi) is 11.1. The van der Waals surface area contributed by atoms with Crippen molar-refractivity contribution in [3.63, 3.8) is 0 Å². The molecule has 11 nitrogen and oxygen atoms in total. The number of fused-ring (bicyclic) bond motifs is 1. The zero-order valence-electron chi connectivity index (χ0n) is 27.8. The van der Waals surface area contributed by atoms with Crippen LogP contribution in [0.4, 0.5) is 10.2 Å². The molecule has 6 rings (SSSR count). The van der Waals surface area contributed by atoms with Crippen molar-refractivity contribution in [1.82, 2.24) is 9.55 Å². The van der Waals surface area contributed by atoms with Crippen LogP contribution in [0.15, 0.2) is 102 Å². The number of ether oxygens (including phenoxy) is 2. The van der Waals surface area contributed by atoms with E-state index in [2.05, 4.69) is 10.3 Å². The summed E-state index contributed by atoms with van der Waals surface area (Å²) in [5.74, 6) is 0.0875. The van der Waals surface area contributed by atoms with Gasteiger partial charge >= 0.3 is 19.5 Å². The van der Waals surface area contributed by atoms with E-state index in [1.807, 2.05) is 84.9 Å². The van der Waals surface area contributed by atoms with Crippen LogP contribution in [0.2, 0.25) is 0 Å². The number of carbonyl (C=O) groups excluding carboxylic acids is 1. The molecule has 2 fully saturated rings. The predicted molar refractivity (Wildman–Crippen MR) is 188 cm³/mol. The normalized spacial score (nSPS) is 23.8. The fourth-order valence-corrected chi connectivity index (χ4v) is 9.21. The smallest absolute Gasteiger partial charge is 0.475 e. The Hall–Kier alpha value is -4.00. The molecular weight excluding hydrogens is 684 g/mol. The molecule has 0 saturated carbocycles. The zero-order valence-corrected chi connectivity index (χ0v) is 29.6. The van der Waals surface area contributed by atoms with Gasteiger partial charge in [0, 0.05) is 6.20 Å². The van der Waals surface area contributed by atoms with Gasteiger partial charge in [0.05, 0.1) is 38.1 Å². The van der Waals surface area contributed by atoms with Crippen molar-refractivity contribution in [3.8, 4) is 5.75 Å². The third kappa shape index (κ3) is 7.38. The number of esters is 1. The first-order valence-corrected chi connectivity index (χ1v) is 18.7. The highest BCUT2D eigenvalue weighted by Gasteiger charge is 2.54. The number of alkyl halides is 1. The molecule has 50 heavy (non-hydrogen) atoms. The first kappa shape index (κ1) is 35.8. The van der Waals surface area contributed by atoms with Gasteiger partial charge < -0.3 is 14.8 Å². The molecule has 14 heteroatoms. The molecule has 3 heterocycles. The summed E-state index contributed by atoms with van der Waals surface area (Å²) in [5, 5.41) is 2.01. The lowest BCUT2D eigenvalue weighted by molar-refractivity contribution is -0.147. The topological polar surface area (TPSA) is 127 Å². The Morgan fingerprint density at radius 2 is 1.70 bits per heavy atom. The van der Waals surface area contributed by atoms with E-state index in [0.29, 0.717) is 5.75 Å². The average Bonchev–Trinajstić information content (AvgIpc) is 3.45. The summed E-state index contributed by atoms with van der Waals surface area (Å²) in [7, 11) is -2.50. The van der Waals surface area contributed by atoms with Crippen LogP contribution in [0, 0.1) is 5.92 Å². The second-order valence-electron chi connectivity index (χ2n) is 11.9. The van der Waals surface area contributed by atoms with Gasteiger partial charge in [-0.2, -0.15) is 4.98 Å². The number of rotatable bonds is 13. The highest BCUT2D eigenvalue weighted by atomic mass is 32.2. The van der Waals surface area contributed by atoms with Crippen LogP contribution >= 0.6 is 19.6 Å². The fourth-order valence-electron chi connectivity index (χ4n) is 6.14. The minimum absolute atomic E-state index is 0.0999. The van der Waals surface area contributed by atoms with Crippen molar-refractivity contribution in [2.45, 2.75) is 48.7 Å². The van der Waals surface area contributed by atoms with E-state index in [4.69, 9.17) is 23.0 Å². The lowest BCUT2D eigenvalue weighted by Gasteiger charge is -2.37. The molecule has 3 aromatic carbocycles. The summed E-state index contributed by atoms with van der Waals surface area (Å²) in [6.45, 7) is 3.42. The minimum atomic E-state index is -4.10. The van der Waals surface area contributed by atoms with Crippen LogP contribution in [0.1, 0.15) is 42.3 Å². The van der Waals surface area contributed by atoms with Gasteiger partial charge in [-0.3, -0.25) is 22.9 Å². The zero-order chi connectivity index (χ0) is 35.3. The largest absolute Gasteiger partial charge is 0.497 e. The second kappa shape index (κ2) is 15.5. The third-order valence-corrected chi connectivity index (χ3v) is 11.7. The molecule has 4 aromatic rings. The maximum atomic E-state index is 16.0. The molecule has 2 aliphatic rings. The van der Waals surface area contributed by atoms with E-state index in [1.165, 1.54) is 10.8 Å². The van der Waals surface area contributed by atoms with Crippen LogP contribution in [0.3, 0.4) is 0 Å². The van der Waals surface area contributed by atoms with E-state index in [1.54, 1.807) is 27.0 Å². The van der Waals surface area contributed by atoms with Gasteiger partial charge in [-0.05, 0) is 48.2 Å². The first-order chi connectivity index (χ1) is 24.2. The number of hydrogen-bond donors (Lipinski definition) is 1. The fraction of sp³-hybridized carbons (Fsp3) is 0.361. The van der Waals surface area contributed by atoms with Gasteiger partial charge in [-0.1, -0.05) is 79.7 Å². The average molecular weight is 724 g/mol. The van der Waals surface area contributed by atoms with Crippen molar-refractivity contribution >= 4 is 31.4 Å². The Morgan fingerprint density at radius 3 is 2.30 bits per heavy atom. The molecular formula is C36H39FN3O8PS. The number of benzene rings is 3. The van der Waals surface area contributed by atoms with Crippen molar-refractivity contribution in [3.05, 3.63) is 124 Å². The number of anilines is 1. The summed E-state index contributed by atoms with van der Waals surface area (Å²) in [6.07, 6.45) is -1.14. The van der Waals surface area contributed by atoms with Gasteiger partial charge in [0.1, 0.15) is 28.6 Å². The number of phosphoric acid groups is 1. The first-order valence-electron chi connectivity index (χ1n) is 16.3. The molecule has 6 atom stereocenters. The number of nitrogens with zero attached hydrogens (tertiary/aromatic N) is 2.